The smallest absolute Gasteiger partial charge is 0.181 e. The van der Waals surface area contributed by atoms with Crippen LogP contribution in [0.15, 0.2) is 29.4 Å². The van der Waals surface area contributed by atoms with Crippen LogP contribution >= 0.6 is 0 Å². The van der Waals surface area contributed by atoms with Crippen molar-refractivity contribution in [3.8, 4) is 0 Å². The summed E-state index contributed by atoms with van der Waals surface area (Å²) in [4.78, 5) is 11.4. The lowest BCUT2D eigenvalue weighted by Gasteiger charge is -2.43. The maximum absolute atomic E-state index is 11.0. The van der Waals surface area contributed by atoms with Gasteiger partial charge < -0.3 is 10.0 Å². The molecule has 1 saturated carbocycles. The van der Waals surface area contributed by atoms with Crippen molar-refractivity contribution >= 4 is 22.6 Å². The van der Waals surface area contributed by atoms with Crippen LogP contribution < -0.4 is 5.84 Å². The zero-order chi connectivity index (χ0) is 20.1. The Morgan fingerprint density at radius 3 is 2.86 bits per heavy atom. The molecule has 2 atom stereocenters. The number of nitrogens with one attached hydrogen (secondary N) is 1. The SMILES string of the molecule is CC=C(N=C(C)N1CCN(N)C(C2(O)CC2(C)C)C1)c1[nH]nc2ncccc12. The number of piperazine rings is 1. The number of nitrogens with zero attached hydrogens (tertiary/aromatic N) is 5. The number of pyridine rings is 1. The zero-order valence-corrected chi connectivity index (χ0v) is 17.0. The van der Waals surface area contributed by atoms with Crippen molar-refractivity contribution in [2.75, 3.05) is 19.6 Å². The molecule has 4 rings (SSSR count). The molecule has 2 aromatic rings. The summed E-state index contributed by atoms with van der Waals surface area (Å²) >= 11 is 0. The van der Waals surface area contributed by atoms with Crippen molar-refractivity contribution in [2.45, 2.75) is 45.8 Å². The number of nitrogens with two attached hydrogens (primary N) is 1. The standard InChI is InChI=1S/C20H29N7O/c1-5-15(17-14-7-6-8-22-18(14)25-24-17)23-13(2)26-9-10-27(21)16(11-26)20(28)12-19(20,3)4/h5-8,16,28H,9-12,21H2,1-4H3,(H,22,24,25). The fraction of sp³-hybridized carbons (Fsp3) is 0.550. The molecule has 8 heteroatoms. The second-order valence-electron chi connectivity index (χ2n) is 8.49. The molecular formula is C20H29N7O. The predicted octanol–water partition coefficient (Wildman–Crippen LogP) is 1.76. The Kier molecular flexibility index (Phi) is 4.52. The maximum Gasteiger partial charge on any atom is 0.181 e. The molecule has 1 aliphatic carbocycles. The highest BCUT2D eigenvalue weighted by Gasteiger charge is 2.66. The molecule has 4 N–H and O–H groups in total. The molecule has 8 nitrogen and oxygen atoms in total. The topological polar surface area (TPSA) is 107 Å². The van der Waals surface area contributed by atoms with Crippen molar-refractivity contribution in [1.82, 2.24) is 25.1 Å². The van der Waals surface area contributed by atoms with Crippen LogP contribution in [0.25, 0.3) is 16.7 Å². The number of allylic oxidation sites excluding steroid dienone is 1. The summed E-state index contributed by atoms with van der Waals surface area (Å²) in [6.07, 6.45) is 4.47. The summed E-state index contributed by atoms with van der Waals surface area (Å²) in [5.41, 5.74) is 1.53. The second-order valence-corrected chi connectivity index (χ2v) is 8.49. The van der Waals surface area contributed by atoms with Crippen molar-refractivity contribution in [3.63, 3.8) is 0 Å². The summed E-state index contributed by atoms with van der Waals surface area (Å²) in [5.74, 6) is 7.13. The Hall–Kier alpha value is -2.29. The molecule has 150 valence electrons. The Morgan fingerprint density at radius 2 is 2.18 bits per heavy atom. The van der Waals surface area contributed by atoms with Crippen molar-refractivity contribution < 1.29 is 5.11 Å². The van der Waals surface area contributed by atoms with Gasteiger partial charge in [-0.15, -0.1) is 0 Å². The van der Waals surface area contributed by atoms with E-state index in [1.54, 1.807) is 11.2 Å². The zero-order valence-electron chi connectivity index (χ0n) is 17.0. The van der Waals surface area contributed by atoms with E-state index in [0.29, 0.717) is 18.7 Å². The van der Waals surface area contributed by atoms with Gasteiger partial charge in [-0.05, 0) is 37.8 Å². The van der Waals surface area contributed by atoms with Gasteiger partial charge in [0.1, 0.15) is 5.84 Å². The highest BCUT2D eigenvalue weighted by Crippen LogP contribution is 2.58. The number of aliphatic imine (C=N–C) groups is 1. The molecule has 2 fully saturated rings. The highest BCUT2D eigenvalue weighted by molar-refractivity contribution is 5.92. The van der Waals surface area contributed by atoms with Crippen molar-refractivity contribution in [2.24, 2.45) is 16.3 Å². The lowest BCUT2D eigenvalue weighted by Crippen LogP contribution is -2.62. The van der Waals surface area contributed by atoms with E-state index in [-0.39, 0.29) is 11.5 Å². The lowest BCUT2D eigenvalue weighted by atomic mass is 9.97. The summed E-state index contributed by atoms with van der Waals surface area (Å²) < 4.78 is 0. The number of hydrazine groups is 1. The molecule has 28 heavy (non-hydrogen) atoms. The van der Waals surface area contributed by atoms with Crippen LogP contribution in [-0.4, -0.2) is 67.3 Å². The molecule has 2 unspecified atom stereocenters. The minimum Gasteiger partial charge on any atom is -0.388 e. The molecule has 1 saturated heterocycles. The average molecular weight is 384 g/mol. The normalized spacial score (nSPS) is 28.8. The first kappa shape index (κ1) is 19.0. The second kappa shape index (κ2) is 6.65. The van der Waals surface area contributed by atoms with Gasteiger partial charge in [-0.2, -0.15) is 5.10 Å². The third kappa shape index (κ3) is 3.01. The van der Waals surface area contributed by atoms with Gasteiger partial charge in [0.2, 0.25) is 0 Å². The molecule has 2 aliphatic rings. The fourth-order valence-corrected chi connectivity index (χ4v) is 4.27. The Bertz CT molecular complexity index is 947. The third-order valence-electron chi connectivity index (χ3n) is 6.33. The maximum atomic E-state index is 11.0. The molecule has 0 bridgehead atoms. The Labute approximate surface area is 165 Å². The molecular weight excluding hydrogens is 354 g/mol. The van der Waals surface area contributed by atoms with Gasteiger partial charge in [0, 0.05) is 31.2 Å². The Morgan fingerprint density at radius 1 is 1.43 bits per heavy atom. The van der Waals surface area contributed by atoms with E-state index < -0.39 is 5.60 Å². The van der Waals surface area contributed by atoms with Gasteiger partial charge in [0.15, 0.2) is 5.65 Å². The van der Waals surface area contributed by atoms with Crippen LogP contribution in [0.5, 0.6) is 0 Å². The first-order valence-corrected chi connectivity index (χ1v) is 9.76. The minimum atomic E-state index is -0.741. The summed E-state index contributed by atoms with van der Waals surface area (Å²) in [6, 6.07) is 3.78. The summed E-state index contributed by atoms with van der Waals surface area (Å²) in [5, 5.41) is 21.1. The minimum absolute atomic E-state index is 0.0976. The van der Waals surface area contributed by atoms with Crippen LogP contribution in [0, 0.1) is 5.41 Å². The number of aliphatic hydroxyl groups is 1. The van der Waals surface area contributed by atoms with Crippen LogP contribution in [0.3, 0.4) is 0 Å². The van der Waals surface area contributed by atoms with Crippen LogP contribution in [0.4, 0.5) is 0 Å². The summed E-state index contributed by atoms with van der Waals surface area (Å²) in [7, 11) is 0. The van der Waals surface area contributed by atoms with E-state index in [2.05, 4.69) is 33.9 Å². The first-order valence-electron chi connectivity index (χ1n) is 9.76. The predicted molar refractivity (Wildman–Crippen MR) is 110 cm³/mol. The number of H-pyrrole nitrogens is 1. The quantitative estimate of drug-likeness (QED) is 0.424. The van der Waals surface area contributed by atoms with E-state index in [0.717, 1.165) is 35.6 Å². The first-order chi connectivity index (χ1) is 13.3. The largest absolute Gasteiger partial charge is 0.388 e. The molecule has 0 radical (unpaired) electrons. The van der Waals surface area contributed by atoms with Gasteiger partial charge in [0.25, 0.3) is 0 Å². The van der Waals surface area contributed by atoms with E-state index in [4.69, 9.17) is 10.8 Å². The monoisotopic (exact) mass is 383 g/mol. The van der Waals surface area contributed by atoms with Gasteiger partial charge in [-0.25, -0.2) is 15.0 Å². The van der Waals surface area contributed by atoms with Crippen LogP contribution in [0.2, 0.25) is 0 Å². The Balaban J connectivity index is 1.58. The van der Waals surface area contributed by atoms with E-state index >= 15 is 0 Å². The number of fused-ring (bicyclic) bond motifs is 1. The lowest BCUT2D eigenvalue weighted by molar-refractivity contribution is -0.0257. The van der Waals surface area contributed by atoms with Crippen LogP contribution in [0.1, 0.15) is 39.8 Å². The molecule has 0 spiro atoms. The van der Waals surface area contributed by atoms with Gasteiger partial charge in [-0.3, -0.25) is 10.9 Å². The molecule has 1 aliphatic heterocycles. The van der Waals surface area contributed by atoms with E-state index in [9.17, 15) is 5.11 Å². The van der Waals surface area contributed by atoms with Gasteiger partial charge >= 0.3 is 0 Å². The highest BCUT2D eigenvalue weighted by atomic mass is 16.3. The van der Waals surface area contributed by atoms with E-state index in [1.807, 2.05) is 32.1 Å². The van der Waals surface area contributed by atoms with Crippen molar-refractivity contribution in [3.05, 3.63) is 30.1 Å². The van der Waals surface area contributed by atoms with Gasteiger partial charge in [-0.1, -0.05) is 19.9 Å². The number of hydrogen-bond acceptors (Lipinski definition) is 6. The van der Waals surface area contributed by atoms with Gasteiger partial charge in [0.05, 0.1) is 23.0 Å². The van der Waals surface area contributed by atoms with Crippen molar-refractivity contribution in [1.29, 1.82) is 0 Å². The molecule has 0 aromatic carbocycles. The number of hydrogen-bond donors (Lipinski definition) is 3. The molecule has 0 amide bonds. The number of aromatic amines is 1. The average Bonchev–Trinajstić information content (AvgIpc) is 3.01. The number of amidine groups is 1. The van der Waals surface area contributed by atoms with Crippen LogP contribution in [-0.2, 0) is 0 Å². The van der Waals surface area contributed by atoms with E-state index in [1.165, 1.54) is 0 Å². The fourth-order valence-electron chi connectivity index (χ4n) is 4.27. The third-order valence-corrected chi connectivity index (χ3v) is 6.33. The molecule has 2 aromatic heterocycles. The number of rotatable bonds is 3. The number of aromatic nitrogens is 3. The summed E-state index contributed by atoms with van der Waals surface area (Å²) in [6.45, 7) is 10.3. The molecule has 3 heterocycles.